The molecule has 2 aliphatic rings. The molecule has 1 atom stereocenters. The first kappa shape index (κ1) is 25.6. The third-order valence-electron chi connectivity index (χ3n) is 7.33. The number of nitrogens with zero attached hydrogens (tertiary/aromatic N) is 1. The van der Waals surface area contributed by atoms with E-state index in [9.17, 15) is 24.3 Å². The summed E-state index contributed by atoms with van der Waals surface area (Å²) in [6.45, 7) is 0.236. The van der Waals surface area contributed by atoms with Crippen LogP contribution in [0, 0.1) is 5.41 Å². The molecule has 192 valence electrons. The molecular weight excluding hydrogens is 514 g/mol. The number of ketones is 2. The number of Topliss-reactive ketones (excluding diaryl/α,β-unsaturated/α-hetero) is 2. The van der Waals surface area contributed by atoms with Crippen LogP contribution >= 0.6 is 22.9 Å². The number of carbonyl (C=O) groups is 3. The van der Waals surface area contributed by atoms with E-state index in [2.05, 4.69) is 0 Å². The minimum Gasteiger partial charge on any atom is -0.477 e. The van der Waals surface area contributed by atoms with Crippen molar-refractivity contribution in [2.75, 3.05) is 13.7 Å². The van der Waals surface area contributed by atoms with E-state index in [4.69, 9.17) is 16.3 Å². The van der Waals surface area contributed by atoms with Crippen LogP contribution in [0.1, 0.15) is 62.2 Å². The number of thiophene rings is 1. The Morgan fingerprint density at radius 3 is 2.57 bits per heavy atom. The third kappa shape index (κ3) is 5.19. The van der Waals surface area contributed by atoms with E-state index >= 15 is 0 Å². The Bertz CT molecular complexity index is 1470. The number of halogens is 1. The highest BCUT2D eigenvalue weighted by atomic mass is 35.5. The second kappa shape index (κ2) is 10.0. The molecule has 1 spiro atoms. The van der Waals surface area contributed by atoms with Crippen molar-refractivity contribution in [1.29, 1.82) is 0 Å². The summed E-state index contributed by atoms with van der Waals surface area (Å²) in [6.07, 6.45) is 4.86. The molecule has 2 aromatic heterocycles. The number of ether oxygens (including phenoxy) is 1. The standard InChI is InChI=1S/C28H26ClNO6S/c1-36-9-6-22(23(31)11-18-4-5-25(37-18)27(34)35)30-15-21-20(12-26(30)33)19-10-17(29)3-2-16(19)13-28(7-8-28)14-24(21)32/h2-5,10,12,15,22H,6-9,11,13-14H2,1H3,(H,34,35). The predicted molar refractivity (Wildman–Crippen MR) is 141 cm³/mol. The summed E-state index contributed by atoms with van der Waals surface area (Å²) < 4.78 is 6.55. The summed E-state index contributed by atoms with van der Waals surface area (Å²) in [4.78, 5) is 52.4. The second-order valence-electron chi connectivity index (χ2n) is 9.94. The number of methoxy groups -OCH3 is 1. The van der Waals surface area contributed by atoms with Gasteiger partial charge in [0.2, 0.25) is 0 Å². The Kier molecular flexibility index (Phi) is 6.91. The smallest absolute Gasteiger partial charge is 0.345 e. The van der Waals surface area contributed by atoms with E-state index < -0.39 is 17.6 Å². The van der Waals surface area contributed by atoms with Crippen LogP contribution < -0.4 is 5.56 Å². The summed E-state index contributed by atoms with van der Waals surface area (Å²) in [5.41, 5.74) is 2.34. The first-order chi connectivity index (χ1) is 17.7. The van der Waals surface area contributed by atoms with Gasteiger partial charge in [0.25, 0.3) is 5.56 Å². The number of pyridine rings is 1. The lowest BCUT2D eigenvalue weighted by Gasteiger charge is -2.25. The number of benzene rings is 1. The van der Waals surface area contributed by atoms with Crippen molar-refractivity contribution in [3.05, 3.63) is 78.9 Å². The van der Waals surface area contributed by atoms with Gasteiger partial charge in [0.05, 0.1) is 6.04 Å². The molecule has 2 aliphatic carbocycles. The maximum atomic E-state index is 13.5. The summed E-state index contributed by atoms with van der Waals surface area (Å²) in [7, 11) is 1.52. The fraction of sp³-hybridized carbons (Fsp3) is 0.357. The Hall–Kier alpha value is -3.07. The van der Waals surface area contributed by atoms with E-state index in [1.807, 2.05) is 12.1 Å². The minimum absolute atomic E-state index is 0.0225. The van der Waals surface area contributed by atoms with Gasteiger partial charge < -0.3 is 14.4 Å². The molecule has 3 aromatic rings. The van der Waals surface area contributed by atoms with Crippen LogP contribution in [0.5, 0.6) is 0 Å². The van der Waals surface area contributed by atoms with Gasteiger partial charge in [-0.25, -0.2) is 4.79 Å². The van der Waals surface area contributed by atoms with Crippen molar-refractivity contribution < 1.29 is 24.2 Å². The summed E-state index contributed by atoms with van der Waals surface area (Å²) in [5, 5.41) is 9.73. The zero-order valence-corrected chi connectivity index (χ0v) is 21.9. The first-order valence-corrected chi connectivity index (χ1v) is 13.3. The number of hydrogen-bond acceptors (Lipinski definition) is 6. The Morgan fingerprint density at radius 2 is 1.89 bits per heavy atom. The van der Waals surface area contributed by atoms with E-state index in [0.717, 1.165) is 41.7 Å². The molecule has 7 nitrogen and oxygen atoms in total. The highest BCUT2D eigenvalue weighted by Crippen LogP contribution is 2.54. The van der Waals surface area contributed by atoms with Gasteiger partial charge in [-0.1, -0.05) is 17.7 Å². The lowest BCUT2D eigenvalue weighted by Crippen LogP contribution is -2.32. The molecule has 1 N–H and O–H groups in total. The highest BCUT2D eigenvalue weighted by molar-refractivity contribution is 7.14. The summed E-state index contributed by atoms with van der Waals surface area (Å²) >= 11 is 7.35. The Balaban J connectivity index is 1.58. The zero-order valence-electron chi connectivity index (χ0n) is 20.3. The summed E-state index contributed by atoms with van der Waals surface area (Å²) in [5.74, 6) is -1.35. The molecule has 0 saturated heterocycles. The molecule has 37 heavy (non-hydrogen) atoms. The lowest BCUT2D eigenvalue weighted by atomic mass is 9.81. The van der Waals surface area contributed by atoms with Crippen molar-refractivity contribution in [1.82, 2.24) is 4.57 Å². The van der Waals surface area contributed by atoms with Gasteiger partial charge in [0.15, 0.2) is 11.6 Å². The highest BCUT2D eigenvalue weighted by Gasteiger charge is 2.46. The van der Waals surface area contributed by atoms with E-state index in [1.54, 1.807) is 12.1 Å². The number of carboxylic acids is 1. The molecule has 0 radical (unpaired) electrons. The quantitative estimate of drug-likeness (QED) is 0.420. The molecule has 1 fully saturated rings. The van der Waals surface area contributed by atoms with E-state index in [-0.39, 0.29) is 41.3 Å². The van der Waals surface area contributed by atoms with Crippen LogP contribution in [0.4, 0.5) is 0 Å². The van der Waals surface area contributed by atoms with E-state index in [1.165, 1.54) is 30.0 Å². The molecule has 1 unspecified atom stereocenters. The number of fused-ring (bicyclic) bond motifs is 3. The number of carbonyl (C=O) groups excluding carboxylic acids is 2. The van der Waals surface area contributed by atoms with Crippen LogP contribution in [-0.4, -0.2) is 40.9 Å². The van der Waals surface area contributed by atoms with Gasteiger partial charge in [-0.05, 0) is 72.1 Å². The van der Waals surface area contributed by atoms with Crippen LogP contribution in [-0.2, 0) is 22.4 Å². The number of carboxylic acid groups (broad SMARTS) is 1. The molecule has 0 bridgehead atoms. The number of aromatic carboxylic acids is 1. The Morgan fingerprint density at radius 1 is 1.11 bits per heavy atom. The maximum absolute atomic E-state index is 13.5. The average Bonchev–Trinajstić information content (AvgIpc) is 3.43. The fourth-order valence-electron chi connectivity index (χ4n) is 5.18. The average molecular weight is 540 g/mol. The maximum Gasteiger partial charge on any atom is 0.345 e. The third-order valence-corrected chi connectivity index (χ3v) is 8.63. The molecule has 0 aliphatic heterocycles. The largest absolute Gasteiger partial charge is 0.477 e. The number of rotatable bonds is 8. The fourth-order valence-corrected chi connectivity index (χ4v) is 6.21. The first-order valence-electron chi connectivity index (χ1n) is 12.1. The van der Waals surface area contributed by atoms with Crippen LogP contribution in [0.15, 0.2) is 47.4 Å². The van der Waals surface area contributed by atoms with Crippen LogP contribution in [0.2, 0.25) is 5.02 Å². The molecular formula is C28H26ClNO6S. The molecule has 2 heterocycles. The lowest BCUT2D eigenvalue weighted by molar-refractivity contribution is -0.122. The normalized spacial score (nSPS) is 16.4. The Labute approximate surface area is 222 Å². The van der Waals surface area contributed by atoms with Crippen molar-refractivity contribution in [2.45, 2.75) is 44.6 Å². The van der Waals surface area contributed by atoms with E-state index in [0.29, 0.717) is 27.4 Å². The predicted octanol–water partition coefficient (Wildman–Crippen LogP) is 5.23. The SMILES string of the molecule is COCCC(C(=O)Cc1ccc(C(=O)O)s1)n1cc2c(cc1=O)-c1cc(Cl)ccc1CC1(CC1)CC2=O. The van der Waals surface area contributed by atoms with Crippen molar-refractivity contribution >= 4 is 40.5 Å². The molecule has 1 saturated carbocycles. The monoisotopic (exact) mass is 539 g/mol. The number of hydrogen-bond donors (Lipinski definition) is 1. The van der Waals surface area contributed by atoms with Gasteiger partial charge in [0.1, 0.15) is 4.88 Å². The van der Waals surface area contributed by atoms with Gasteiger partial charge in [-0.2, -0.15) is 0 Å². The van der Waals surface area contributed by atoms with Gasteiger partial charge in [-0.15, -0.1) is 11.3 Å². The van der Waals surface area contributed by atoms with Gasteiger partial charge in [0, 0.05) is 54.3 Å². The van der Waals surface area contributed by atoms with Crippen molar-refractivity contribution in [2.24, 2.45) is 5.41 Å². The van der Waals surface area contributed by atoms with Crippen LogP contribution in [0.3, 0.4) is 0 Å². The van der Waals surface area contributed by atoms with Gasteiger partial charge >= 0.3 is 5.97 Å². The molecule has 5 rings (SSSR count). The van der Waals surface area contributed by atoms with Crippen molar-refractivity contribution in [3.8, 4) is 11.1 Å². The van der Waals surface area contributed by atoms with Gasteiger partial charge in [-0.3, -0.25) is 14.4 Å². The summed E-state index contributed by atoms with van der Waals surface area (Å²) in [6, 6.07) is 9.27. The number of aromatic nitrogens is 1. The topological polar surface area (TPSA) is 103 Å². The molecule has 1 aromatic carbocycles. The molecule has 0 amide bonds. The minimum atomic E-state index is -1.05. The second-order valence-corrected chi connectivity index (χ2v) is 11.5. The zero-order chi connectivity index (χ0) is 26.3. The van der Waals surface area contributed by atoms with Crippen LogP contribution in [0.25, 0.3) is 11.1 Å². The molecule has 9 heteroatoms. The van der Waals surface area contributed by atoms with Crippen molar-refractivity contribution in [3.63, 3.8) is 0 Å².